The van der Waals surface area contributed by atoms with Crippen LogP contribution in [-0.4, -0.2) is 16.1 Å². The van der Waals surface area contributed by atoms with Gasteiger partial charge in [0.15, 0.2) is 16.1 Å². The van der Waals surface area contributed by atoms with E-state index in [0.29, 0.717) is 0 Å². The van der Waals surface area contributed by atoms with E-state index in [9.17, 15) is 0 Å². The number of hydrogen-bond donors (Lipinski definition) is 0. The molecule has 0 spiro atoms. The van der Waals surface area contributed by atoms with Crippen LogP contribution in [0.4, 0.5) is 0 Å². The summed E-state index contributed by atoms with van der Waals surface area (Å²) in [5.41, 5.74) is 13.1. The maximum atomic E-state index is 2.59. The molecule has 2 heteroatoms. The summed E-state index contributed by atoms with van der Waals surface area (Å²) in [6, 6.07) is 97.2. The van der Waals surface area contributed by atoms with Crippen LogP contribution in [0, 0.1) is 0 Å². The number of hydrogen-bond acceptors (Lipinski definition) is 0. The van der Waals surface area contributed by atoms with E-state index in [1.807, 2.05) is 0 Å². The molecule has 0 nitrogen and oxygen atoms in total. The van der Waals surface area contributed by atoms with Crippen LogP contribution in [0.5, 0.6) is 0 Å². The third kappa shape index (κ3) is 6.24. The van der Waals surface area contributed by atoms with Gasteiger partial charge in [-0.05, 0) is 109 Å². The summed E-state index contributed by atoms with van der Waals surface area (Å²) in [6.45, 7) is 9.74. The number of benzene rings is 10. The molecule has 0 radical (unpaired) electrons. The van der Waals surface area contributed by atoms with Crippen LogP contribution >= 0.6 is 0 Å². The van der Waals surface area contributed by atoms with Crippen molar-refractivity contribution in [1.29, 1.82) is 0 Å². The van der Waals surface area contributed by atoms with Crippen molar-refractivity contribution in [3.63, 3.8) is 0 Å². The Bertz CT molecular complexity index is 3040. The Morgan fingerprint density at radius 2 is 0.441 bits per heavy atom. The zero-order chi connectivity index (χ0) is 46.1. The van der Waals surface area contributed by atoms with Gasteiger partial charge in [0, 0.05) is 10.8 Å². The van der Waals surface area contributed by atoms with Crippen molar-refractivity contribution in [1.82, 2.24) is 0 Å². The Kier molecular flexibility index (Phi) is 9.99. The molecule has 326 valence electrons. The standard InChI is InChI=1S/C66H54Si2/c1-65(2)61-43-47(35-39-57(61)59-41-37-55(45-63(59)65)67(49-23-11-5-12-24-49,50-25-13-6-14-26-50)51-27-15-7-16-28-51)48-36-40-58-60-42-38-56(46-64(60)66(3,4)62(58)44-48)68(52-29-17-8-18-30-52,53-31-19-9-20-32-53)54-33-21-10-22-34-54/h5-46H,1-4H3. The largest absolute Gasteiger partial charge is 0.179 e. The molecule has 0 aliphatic heterocycles. The van der Waals surface area contributed by atoms with Crippen molar-refractivity contribution in [3.8, 4) is 33.4 Å². The molecule has 10 aromatic rings. The summed E-state index contributed by atoms with van der Waals surface area (Å²) in [5.74, 6) is 0. The zero-order valence-electron chi connectivity index (χ0n) is 39.2. The van der Waals surface area contributed by atoms with Crippen molar-refractivity contribution >= 4 is 57.6 Å². The third-order valence-corrected chi connectivity index (χ3v) is 25.3. The average molecular weight is 903 g/mol. The molecular weight excluding hydrogens is 849 g/mol. The fourth-order valence-corrected chi connectivity index (χ4v) is 22.0. The van der Waals surface area contributed by atoms with Crippen LogP contribution in [0.3, 0.4) is 0 Å². The van der Waals surface area contributed by atoms with Gasteiger partial charge in [0.25, 0.3) is 0 Å². The molecule has 0 fully saturated rings. The lowest BCUT2D eigenvalue weighted by Crippen LogP contribution is -2.74. The Labute approximate surface area is 404 Å². The van der Waals surface area contributed by atoms with Crippen LogP contribution in [0.25, 0.3) is 33.4 Å². The minimum Gasteiger partial charge on any atom is -0.0623 e. The molecule has 0 bridgehead atoms. The highest BCUT2D eigenvalue weighted by atomic mass is 28.3. The highest BCUT2D eigenvalue weighted by Crippen LogP contribution is 2.52. The van der Waals surface area contributed by atoms with Gasteiger partial charge in [0.1, 0.15) is 0 Å². The first-order valence-corrected chi connectivity index (χ1v) is 28.2. The first-order chi connectivity index (χ1) is 33.2. The van der Waals surface area contributed by atoms with E-state index in [1.54, 1.807) is 0 Å². The molecule has 0 heterocycles. The summed E-state index contributed by atoms with van der Waals surface area (Å²) in [7, 11) is -5.37. The lowest BCUT2D eigenvalue weighted by molar-refractivity contribution is 0.660. The normalized spacial score (nSPS) is 14.1. The minimum absolute atomic E-state index is 0.198. The van der Waals surface area contributed by atoms with Gasteiger partial charge in [0.05, 0.1) is 0 Å². The highest BCUT2D eigenvalue weighted by Gasteiger charge is 2.46. The van der Waals surface area contributed by atoms with Crippen LogP contribution in [0.1, 0.15) is 49.9 Å². The minimum atomic E-state index is -2.69. The molecule has 0 unspecified atom stereocenters. The second-order valence-corrected chi connectivity index (χ2v) is 27.6. The van der Waals surface area contributed by atoms with Gasteiger partial charge in [-0.1, -0.05) is 270 Å². The highest BCUT2D eigenvalue weighted by molar-refractivity contribution is 7.20. The molecule has 68 heavy (non-hydrogen) atoms. The van der Waals surface area contributed by atoms with Crippen molar-refractivity contribution in [3.05, 3.63) is 277 Å². The molecule has 2 aliphatic carbocycles. The van der Waals surface area contributed by atoms with Crippen LogP contribution in [0.15, 0.2) is 255 Å². The fourth-order valence-electron chi connectivity index (χ4n) is 12.4. The molecule has 0 saturated carbocycles. The fraction of sp³-hybridized carbons (Fsp3) is 0.0909. The lowest BCUT2D eigenvalue weighted by Gasteiger charge is -2.35. The van der Waals surface area contributed by atoms with E-state index in [2.05, 4.69) is 282 Å². The molecule has 0 N–H and O–H groups in total. The molecule has 0 amide bonds. The summed E-state index contributed by atoms with van der Waals surface area (Å²) in [6.07, 6.45) is 0. The van der Waals surface area contributed by atoms with E-state index in [1.165, 1.54) is 97.1 Å². The topological polar surface area (TPSA) is 0 Å². The number of fused-ring (bicyclic) bond motifs is 6. The van der Waals surface area contributed by atoms with Crippen molar-refractivity contribution in [2.45, 2.75) is 38.5 Å². The van der Waals surface area contributed by atoms with Gasteiger partial charge in [0.2, 0.25) is 0 Å². The molecule has 0 saturated heterocycles. The van der Waals surface area contributed by atoms with E-state index < -0.39 is 16.1 Å². The first kappa shape index (κ1) is 42.0. The van der Waals surface area contributed by atoms with Crippen LogP contribution < -0.4 is 41.5 Å². The maximum Gasteiger partial charge on any atom is 0.179 e. The van der Waals surface area contributed by atoms with Crippen LogP contribution in [0.2, 0.25) is 0 Å². The van der Waals surface area contributed by atoms with Crippen molar-refractivity contribution in [2.75, 3.05) is 0 Å². The Morgan fingerprint density at radius 1 is 0.221 bits per heavy atom. The second kappa shape index (κ2) is 16.2. The smallest absolute Gasteiger partial charge is 0.0623 e. The SMILES string of the molecule is CC1(C)c2cc(-c3ccc4c(c3)C(C)(C)c3cc([Si](c5ccccc5)(c5ccccc5)c5ccccc5)ccc3-4)ccc2-c2ccc([Si](c3ccccc3)(c3ccccc3)c3ccccc3)cc21. The Morgan fingerprint density at radius 3 is 0.691 bits per heavy atom. The second-order valence-electron chi connectivity index (χ2n) is 20.0. The molecule has 12 rings (SSSR count). The Hall–Kier alpha value is -7.37. The van der Waals surface area contributed by atoms with Gasteiger partial charge >= 0.3 is 0 Å². The van der Waals surface area contributed by atoms with Gasteiger partial charge < -0.3 is 0 Å². The first-order valence-electron chi connectivity index (χ1n) is 24.2. The molecule has 0 atom stereocenters. The van der Waals surface area contributed by atoms with E-state index in [0.717, 1.165) is 0 Å². The van der Waals surface area contributed by atoms with E-state index >= 15 is 0 Å². The average Bonchev–Trinajstić information content (AvgIpc) is 3.76. The third-order valence-electron chi connectivity index (χ3n) is 15.8. The lowest BCUT2D eigenvalue weighted by atomic mass is 9.80. The monoisotopic (exact) mass is 902 g/mol. The summed E-state index contributed by atoms with van der Waals surface area (Å²) < 4.78 is 0. The van der Waals surface area contributed by atoms with Gasteiger partial charge in [-0.25, -0.2) is 0 Å². The van der Waals surface area contributed by atoms with Crippen molar-refractivity contribution in [2.24, 2.45) is 0 Å². The molecule has 0 aromatic heterocycles. The van der Waals surface area contributed by atoms with Crippen LogP contribution in [-0.2, 0) is 10.8 Å². The van der Waals surface area contributed by atoms with E-state index in [4.69, 9.17) is 0 Å². The van der Waals surface area contributed by atoms with E-state index in [-0.39, 0.29) is 10.8 Å². The number of rotatable bonds is 9. The van der Waals surface area contributed by atoms with Gasteiger partial charge in [-0.15, -0.1) is 0 Å². The zero-order valence-corrected chi connectivity index (χ0v) is 41.2. The molecule has 2 aliphatic rings. The predicted octanol–water partition coefficient (Wildman–Crippen LogP) is 10.7. The summed E-state index contributed by atoms with van der Waals surface area (Å²) >= 11 is 0. The maximum absolute atomic E-state index is 2.69. The predicted molar refractivity (Wildman–Crippen MR) is 294 cm³/mol. The summed E-state index contributed by atoms with van der Waals surface area (Å²) in [4.78, 5) is 0. The summed E-state index contributed by atoms with van der Waals surface area (Å²) in [5, 5.41) is 11.2. The molecular formula is C66H54Si2. The quantitative estimate of drug-likeness (QED) is 0.100. The van der Waals surface area contributed by atoms with Gasteiger partial charge in [-0.3, -0.25) is 0 Å². The Balaban J connectivity index is 0.947. The molecule has 10 aromatic carbocycles. The van der Waals surface area contributed by atoms with Crippen molar-refractivity contribution < 1.29 is 0 Å². The van der Waals surface area contributed by atoms with Gasteiger partial charge in [-0.2, -0.15) is 0 Å².